The molecule has 2 aromatic rings. The van der Waals surface area contributed by atoms with E-state index in [1.807, 2.05) is 0 Å². The average Bonchev–Trinajstić information content (AvgIpc) is 3.08. The van der Waals surface area contributed by atoms with E-state index >= 15 is 0 Å². The highest BCUT2D eigenvalue weighted by Crippen LogP contribution is 2.32. The smallest absolute Gasteiger partial charge is 0.0702 e. The Kier molecular flexibility index (Phi) is 3.79. The van der Waals surface area contributed by atoms with Crippen LogP contribution in [0.25, 0.3) is 10.9 Å². The minimum Gasteiger partial charge on any atom is -0.297 e. The number of hydrogen-bond acceptors (Lipinski definition) is 3. The van der Waals surface area contributed by atoms with E-state index in [1.54, 1.807) is 0 Å². The van der Waals surface area contributed by atoms with E-state index in [-0.39, 0.29) is 0 Å². The van der Waals surface area contributed by atoms with E-state index in [9.17, 15) is 0 Å². The first-order chi connectivity index (χ1) is 10.9. The lowest BCUT2D eigenvalue weighted by molar-refractivity contribution is 0.354. The molecule has 1 aliphatic carbocycles. The van der Waals surface area contributed by atoms with Crippen LogP contribution < -0.4 is 0 Å². The van der Waals surface area contributed by atoms with Crippen molar-refractivity contribution < 1.29 is 0 Å². The summed E-state index contributed by atoms with van der Waals surface area (Å²) in [6.07, 6.45) is 9.59. The van der Waals surface area contributed by atoms with Gasteiger partial charge in [-0.05, 0) is 49.8 Å². The summed E-state index contributed by atoms with van der Waals surface area (Å²) in [4.78, 5) is 4.65. The van der Waals surface area contributed by atoms with Gasteiger partial charge in [-0.15, -0.1) is 0 Å². The Hall–Kier alpha value is -1.90. The van der Waals surface area contributed by atoms with E-state index in [4.69, 9.17) is 5.10 Å². The number of rotatable bonds is 2. The predicted octanol–water partition coefficient (Wildman–Crippen LogP) is 4.34. The summed E-state index contributed by atoms with van der Waals surface area (Å²) in [5, 5.41) is 8.52. The second-order valence-electron chi connectivity index (χ2n) is 6.51. The van der Waals surface area contributed by atoms with Crippen LogP contribution in [-0.4, -0.2) is 28.8 Å². The van der Waals surface area contributed by atoms with Crippen molar-refractivity contribution in [2.24, 2.45) is 5.10 Å². The molecule has 0 bridgehead atoms. The van der Waals surface area contributed by atoms with Crippen molar-refractivity contribution in [1.29, 1.82) is 0 Å². The summed E-state index contributed by atoms with van der Waals surface area (Å²) in [6.45, 7) is 2.26. The van der Waals surface area contributed by atoms with E-state index in [0.717, 1.165) is 25.0 Å². The number of benzene rings is 1. The van der Waals surface area contributed by atoms with Crippen molar-refractivity contribution in [3.63, 3.8) is 0 Å². The van der Waals surface area contributed by atoms with Crippen molar-refractivity contribution >= 4 is 16.6 Å². The first-order valence-electron chi connectivity index (χ1n) is 8.57. The lowest BCUT2D eigenvalue weighted by atomic mass is 9.82. The summed E-state index contributed by atoms with van der Waals surface area (Å²) in [6, 6.07) is 10.7. The van der Waals surface area contributed by atoms with Crippen LogP contribution in [0.5, 0.6) is 0 Å². The van der Waals surface area contributed by atoms with Crippen molar-refractivity contribution in [3.05, 3.63) is 42.1 Å². The Labute approximate surface area is 132 Å². The molecule has 4 rings (SSSR count). The summed E-state index contributed by atoms with van der Waals surface area (Å²) in [5.74, 6) is 0.464. The van der Waals surface area contributed by atoms with Gasteiger partial charge in [0.2, 0.25) is 0 Å². The summed E-state index contributed by atoms with van der Waals surface area (Å²) in [5.41, 5.74) is 3.81. The molecule has 114 valence electrons. The largest absolute Gasteiger partial charge is 0.297 e. The Balaban J connectivity index is 1.67. The highest BCUT2D eigenvalue weighted by atomic mass is 15.5. The van der Waals surface area contributed by atoms with Gasteiger partial charge in [-0.3, -0.25) is 9.99 Å². The van der Waals surface area contributed by atoms with E-state index < -0.39 is 0 Å². The van der Waals surface area contributed by atoms with Gasteiger partial charge in [0.1, 0.15) is 0 Å². The van der Waals surface area contributed by atoms with Crippen molar-refractivity contribution in [2.45, 2.75) is 44.4 Å². The second-order valence-corrected chi connectivity index (χ2v) is 6.51. The first-order valence-corrected chi connectivity index (χ1v) is 8.57. The molecular weight excluding hydrogens is 270 g/mol. The molecular formula is C19H23N3. The van der Waals surface area contributed by atoms with Gasteiger partial charge in [0.15, 0.2) is 0 Å². The Bertz CT molecular complexity index is 686. The fourth-order valence-corrected chi connectivity index (χ4v) is 3.73. The van der Waals surface area contributed by atoms with Gasteiger partial charge in [-0.25, -0.2) is 0 Å². The number of hydrogen-bond donors (Lipinski definition) is 0. The molecule has 1 atom stereocenters. The Morgan fingerprint density at radius 1 is 1.05 bits per heavy atom. The molecule has 1 unspecified atom stereocenters. The van der Waals surface area contributed by atoms with Crippen molar-refractivity contribution in [3.8, 4) is 0 Å². The van der Waals surface area contributed by atoms with Gasteiger partial charge < -0.3 is 0 Å². The van der Waals surface area contributed by atoms with Gasteiger partial charge in [0.05, 0.1) is 5.52 Å². The third-order valence-corrected chi connectivity index (χ3v) is 4.94. The number of pyridine rings is 1. The molecule has 3 heteroatoms. The van der Waals surface area contributed by atoms with Crippen LogP contribution >= 0.6 is 0 Å². The monoisotopic (exact) mass is 293 g/mol. The number of fused-ring (bicyclic) bond motifs is 1. The third-order valence-electron chi connectivity index (χ3n) is 4.94. The minimum atomic E-state index is 0.464. The normalized spacial score (nSPS) is 24.3. The Morgan fingerprint density at radius 3 is 2.82 bits per heavy atom. The van der Waals surface area contributed by atoms with Gasteiger partial charge in [-0.2, -0.15) is 5.10 Å². The Morgan fingerprint density at radius 2 is 1.91 bits per heavy atom. The zero-order chi connectivity index (χ0) is 14.8. The molecule has 3 nitrogen and oxygen atoms in total. The SMILES string of the molecule is c1ccc2ncc(C3CCCC/C3=N\N3CCCC3)cc2c1. The maximum absolute atomic E-state index is 5.00. The molecule has 2 heterocycles. The minimum absolute atomic E-state index is 0.464. The lowest BCUT2D eigenvalue weighted by Gasteiger charge is -2.26. The number of hydrazone groups is 1. The van der Waals surface area contributed by atoms with Gasteiger partial charge in [0, 0.05) is 36.3 Å². The van der Waals surface area contributed by atoms with Gasteiger partial charge in [0.25, 0.3) is 0 Å². The van der Waals surface area contributed by atoms with Crippen LogP contribution in [-0.2, 0) is 0 Å². The number of para-hydroxylation sites is 1. The molecule has 1 saturated heterocycles. The quantitative estimate of drug-likeness (QED) is 0.824. The average molecular weight is 293 g/mol. The molecule has 1 aromatic carbocycles. The highest BCUT2D eigenvalue weighted by Gasteiger charge is 2.24. The molecule has 1 saturated carbocycles. The summed E-state index contributed by atoms with van der Waals surface area (Å²) in [7, 11) is 0. The van der Waals surface area contributed by atoms with Crippen molar-refractivity contribution in [1.82, 2.24) is 9.99 Å². The maximum Gasteiger partial charge on any atom is 0.0702 e. The van der Waals surface area contributed by atoms with Crippen LogP contribution in [0.1, 0.15) is 50.0 Å². The zero-order valence-corrected chi connectivity index (χ0v) is 13.0. The fourth-order valence-electron chi connectivity index (χ4n) is 3.73. The van der Waals surface area contributed by atoms with E-state index in [0.29, 0.717) is 5.92 Å². The van der Waals surface area contributed by atoms with E-state index in [1.165, 1.54) is 48.8 Å². The maximum atomic E-state index is 5.00. The molecule has 0 radical (unpaired) electrons. The topological polar surface area (TPSA) is 28.5 Å². The van der Waals surface area contributed by atoms with E-state index in [2.05, 4.69) is 46.5 Å². The fraction of sp³-hybridized carbons (Fsp3) is 0.474. The molecule has 0 N–H and O–H groups in total. The second kappa shape index (κ2) is 6.07. The molecule has 0 amide bonds. The van der Waals surface area contributed by atoms with Crippen LogP contribution in [0.2, 0.25) is 0 Å². The zero-order valence-electron chi connectivity index (χ0n) is 13.0. The molecule has 22 heavy (non-hydrogen) atoms. The van der Waals surface area contributed by atoms with Crippen molar-refractivity contribution in [2.75, 3.05) is 13.1 Å². The highest BCUT2D eigenvalue weighted by molar-refractivity contribution is 5.92. The number of nitrogens with zero attached hydrogens (tertiary/aromatic N) is 3. The van der Waals surface area contributed by atoms with Gasteiger partial charge in [-0.1, -0.05) is 24.6 Å². The summed E-state index contributed by atoms with van der Waals surface area (Å²) < 4.78 is 0. The standard InChI is InChI=1S/C19H23N3/c1-3-9-18-15(7-1)13-16(14-20-18)17-8-2-4-10-19(17)21-22-11-5-6-12-22/h1,3,7,9,13-14,17H,2,4-6,8,10-12H2/b21-19+. The van der Waals surface area contributed by atoms with Gasteiger partial charge >= 0.3 is 0 Å². The molecule has 0 spiro atoms. The summed E-state index contributed by atoms with van der Waals surface area (Å²) >= 11 is 0. The molecule has 1 aromatic heterocycles. The number of aromatic nitrogens is 1. The third kappa shape index (κ3) is 2.72. The first kappa shape index (κ1) is 13.7. The van der Waals surface area contributed by atoms with Crippen LogP contribution in [0.4, 0.5) is 0 Å². The predicted molar refractivity (Wildman–Crippen MR) is 91.2 cm³/mol. The van der Waals surface area contributed by atoms with Crippen LogP contribution in [0.3, 0.4) is 0 Å². The van der Waals surface area contributed by atoms with Crippen LogP contribution in [0.15, 0.2) is 41.6 Å². The molecule has 1 aliphatic heterocycles. The molecule has 2 aliphatic rings. The lowest BCUT2D eigenvalue weighted by Crippen LogP contribution is -2.23. The van der Waals surface area contributed by atoms with Crippen LogP contribution in [0, 0.1) is 0 Å². The molecule has 2 fully saturated rings.